The highest BCUT2D eigenvalue weighted by Gasteiger charge is 2.21. The topological polar surface area (TPSA) is 43.4 Å². The number of ether oxygens (including phenoxy) is 2. The fourth-order valence-electron chi connectivity index (χ4n) is 2.03. The van der Waals surface area contributed by atoms with E-state index in [1.54, 1.807) is 14.2 Å². The molecule has 1 aliphatic rings. The summed E-state index contributed by atoms with van der Waals surface area (Å²) in [6.07, 6.45) is 2.46. The third-order valence-corrected chi connectivity index (χ3v) is 3.15. The Morgan fingerprint density at radius 1 is 1.06 bits per heavy atom. The second-order valence-electron chi connectivity index (χ2n) is 4.48. The number of benzene rings is 1. The van der Waals surface area contributed by atoms with Gasteiger partial charge in [-0.05, 0) is 37.1 Å². The van der Waals surface area contributed by atoms with Crippen molar-refractivity contribution in [2.24, 2.45) is 0 Å². The Balaban J connectivity index is 2.11. The van der Waals surface area contributed by atoms with Crippen LogP contribution in [-0.2, 0) is 0 Å². The first-order chi connectivity index (χ1) is 8.81. The van der Waals surface area contributed by atoms with E-state index in [1.807, 2.05) is 24.3 Å². The van der Waals surface area contributed by atoms with E-state index in [0.29, 0.717) is 6.04 Å². The molecule has 1 aromatic heterocycles. The molecule has 1 saturated carbocycles. The highest BCUT2D eigenvalue weighted by molar-refractivity contribution is 5.91. The molecule has 0 spiro atoms. The Hall–Kier alpha value is -1.97. The minimum atomic E-state index is 0.589. The first kappa shape index (κ1) is 11.1. The molecule has 0 amide bonds. The molecule has 18 heavy (non-hydrogen) atoms. The van der Waals surface area contributed by atoms with Crippen LogP contribution in [0.4, 0.5) is 5.82 Å². The Morgan fingerprint density at radius 3 is 2.44 bits per heavy atom. The minimum absolute atomic E-state index is 0.589. The van der Waals surface area contributed by atoms with Gasteiger partial charge in [-0.25, -0.2) is 4.98 Å². The van der Waals surface area contributed by atoms with Crippen LogP contribution in [0, 0.1) is 0 Å². The van der Waals surface area contributed by atoms with Crippen LogP contribution in [0.2, 0.25) is 0 Å². The van der Waals surface area contributed by atoms with E-state index >= 15 is 0 Å². The Bertz CT molecular complexity index is 579. The summed E-state index contributed by atoms with van der Waals surface area (Å²) in [5.74, 6) is 2.48. The highest BCUT2D eigenvalue weighted by Crippen LogP contribution is 2.33. The SMILES string of the molecule is COc1ccc(OC)c2nc(NC3CC3)ccc12. The molecule has 0 aliphatic heterocycles. The summed E-state index contributed by atoms with van der Waals surface area (Å²) in [6.45, 7) is 0. The summed E-state index contributed by atoms with van der Waals surface area (Å²) in [5, 5.41) is 4.36. The molecule has 4 nitrogen and oxygen atoms in total. The van der Waals surface area contributed by atoms with Gasteiger partial charge in [0.25, 0.3) is 0 Å². The first-order valence-corrected chi connectivity index (χ1v) is 6.10. The van der Waals surface area contributed by atoms with Gasteiger partial charge in [0.1, 0.15) is 22.8 Å². The molecule has 0 saturated heterocycles. The van der Waals surface area contributed by atoms with Gasteiger partial charge in [-0.15, -0.1) is 0 Å². The number of aromatic nitrogens is 1. The van der Waals surface area contributed by atoms with Crippen molar-refractivity contribution in [3.8, 4) is 11.5 Å². The monoisotopic (exact) mass is 244 g/mol. The predicted octanol–water partition coefficient (Wildman–Crippen LogP) is 2.83. The zero-order valence-electron chi connectivity index (χ0n) is 10.6. The van der Waals surface area contributed by atoms with E-state index in [0.717, 1.165) is 28.2 Å². The van der Waals surface area contributed by atoms with Crippen LogP contribution in [0.15, 0.2) is 24.3 Å². The van der Waals surface area contributed by atoms with Gasteiger partial charge in [0.05, 0.1) is 14.2 Å². The number of methoxy groups -OCH3 is 2. The molecule has 4 heteroatoms. The van der Waals surface area contributed by atoms with Gasteiger partial charge >= 0.3 is 0 Å². The number of fused-ring (bicyclic) bond motifs is 1. The highest BCUT2D eigenvalue weighted by atomic mass is 16.5. The Labute approximate surface area is 106 Å². The number of nitrogens with one attached hydrogen (secondary N) is 1. The van der Waals surface area contributed by atoms with E-state index < -0.39 is 0 Å². The third kappa shape index (κ3) is 1.94. The molecule has 0 bridgehead atoms. The molecule has 0 radical (unpaired) electrons. The Morgan fingerprint density at radius 2 is 1.78 bits per heavy atom. The van der Waals surface area contributed by atoms with Crippen LogP contribution in [0.1, 0.15) is 12.8 Å². The largest absolute Gasteiger partial charge is 0.496 e. The molecule has 1 fully saturated rings. The summed E-state index contributed by atoms with van der Waals surface area (Å²) in [5.41, 5.74) is 0.836. The van der Waals surface area contributed by atoms with E-state index in [2.05, 4.69) is 10.3 Å². The molecule has 3 rings (SSSR count). The van der Waals surface area contributed by atoms with Gasteiger partial charge in [-0.2, -0.15) is 0 Å². The average molecular weight is 244 g/mol. The number of nitrogens with zero attached hydrogens (tertiary/aromatic N) is 1. The van der Waals surface area contributed by atoms with Crippen LogP contribution in [0.3, 0.4) is 0 Å². The zero-order valence-corrected chi connectivity index (χ0v) is 10.6. The maximum absolute atomic E-state index is 5.36. The molecular weight excluding hydrogens is 228 g/mol. The van der Waals surface area contributed by atoms with Crippen LogP contribution in [-0.4, -0.2) is 25.2 Å². The second-order valence-corrected chi connectivity index (χ2v) is 4.48. The van der Waals surface area contributed by atoms with Gasteiger partial charge in [-0.3, -0.25) is 0 Å². The molecular formula is C14H16N2O2. The molecule has 1 aromatic carbocycles. The lowest BCUT2D eigenvalue weighted by Gasteiger charge is -2.11. The minimum Gasteiger partial charge on any atom is -0.496 e. The maximum atomic E-state index is 5.36. The van der Waals surface area contributed by atoms with E-state index in [4.69, 9.17) is 9.47 Å². The quantitative estimate of drug-likeness (QED) is 0.898. The van der Waals surface area contributed by atoms with Crippen LogP contribution >= 0.6 is 0 Å². The molecule has 1 heterocycles. The third-order valence-electron chi connectivity index (χ3n) is 3.15. The summed E-state index contributed by atoms with van der Waals surface area (Å²) in [4.78, 5) is 4.62. The summed E-state index contributed by atoms with van der Waals surface area (Å²) >= 11 is 0. The zero-order chi connectivity index (χ0) is 12.5. The molecule has 1 N–H and O–H groups in total. The molecule has 94 valence electrons. The number of anilines is 1. The van der Waals surface area contributed by atoms with E-state index in [-0.39, 0.29) is 0 Å². The second kappa shape index (κ2) is 4.37. The van der Waals surface area contributed by atoms with Crippen molar-refractivity contribution in [2.75, 3.05) is 19.5 Å². The number of hydrogen-bond donors (Lipinski definition) is 1. The summed E-state index contributed by atoms with van der Waals surface area (Å²) in [6, 6.07) is 8.38. The normalized spacial score (nSPS) is 14.6. The van der Waals surface area contributed by atoms with Crippen molar-refractivity contribution in [1.29, 1.82) is 0 Å². The van der Waals surface area contributed by atoms with Crippen molar-refractivity contribution >= 4 is 16.7 Å². The van der Waals surface area contributed by atoms with Crippen molar-refractivity contribution in [3.05, 3.63) is 24.3 Å². The first-order valence-electron chi connectivity index (χ1n) is 6.10. The van der Waals surface area contributed by atoms with Gasteiger partial charge in [0.2, 0.25) is 0 Å². The lowest BCUT2D eigenvalue weighted by molar-refractivity contribution is 0.410. The van der Waals surface area contributed by atoms with Crippen molar-refractivity contribution in [2.45, 2.75) is 18.9 Å². The van der Waals surface area contributed by atoms with Crippen molar-refractivity contribution in [3.63, 3.8) is 0 Å². The van der Waals surface area contributed by atoms with Crippen LogP contribution in [0.5, 0.6) is 11.5 Å². The van der Waals surface area contributed by atoms with Gasteiger partial charge in [0, 0.05) is 11.4 Å². The standard InChI is InChI=1S/C14H16N2O2/c1-17-11-6-7-12(18-2)14-10(11)5-8-13(16-14)15-9-3-4-9/h5-9H,3-4H2,1-2H3,(H,15,16). The predicted molar refractivity (Wildman–Crippen MR) is 71.5 cm³/mol. The molecule has 1 aliphatic carbocycles. The number of pyridine rings is 1. The lowest BCUT2D eigenvalue weighted by Crippen LogP contribution is -2.03. The lowest BCUT2D eigenvalue weighted by atomic mass is 10.2. The fourth-order valence-corrected chi connectivity index (χ4v) is 2.03. The van der Waals surface area contributed by atoms with Crippen LogP contribution < -0.4 is 14.8 Å². The van der Waals surface area contributed by atoms with Crippen LogP contribution in [0.25, 0.3) is 10.9 Å². The van der Waals surface area contributed by atoms with E-state index in [1.165, 1.54) is 12.8 Å². The molecule has 0 unspecified atom stereocenters. The smallest absolute Gasteiger partial charge is 0.145 e. The number of hydrogen-bond acceptors (Lipinski definition) is 4. The molecule has 0 atom stereocenters. The Kier molecular flexibility index (Phi) is 2.70. The van der Waals surface area contributed by atoms with Gasteiger partial charge < -0.3 is 14.8 Å². The maximum Gasteiger partial charge on any atom is 0.145 e. The fraction of sp³-hybridized carbons (Fsp3) is 0.357. The summed E-state index contributed by atoms with van der Waals surface area (Å²) < 4.78 is 10.7. The summed E-state index contributed by atoms with van der Waals surface area (Å²) in [7, 11) is 3.32. The van der Waals surface area contributed by atoms with E-state index in [9.17, 15) is 0 Å². The average Bonchev–Trinajstić information content (AvgIpc) is 3.21. The van der Waals surface area contributed by atoms with Crippen molar-refractivity contribution < 1.29 is 9.47 Å². The molecule has 2 aromatic rings. The number of rotatable bonds is 4. The van der Waals surface area contributed by atoms with Crippen molar-refractivity contribution in [1.82, 2.24) is 4.98 Å². The van der Waals surface area contributed by atoms with Gasteiger partial charge in [-0.1, -0.05) is 0 Å². The van der Waals surface area contributed by atoms with Gasteiger partial charge in [0.15, 0.2) is 0 Å².